The van der Waals surface area contributed by atoms with Gasteiger partial charge in [0.15, 0.2) is 5.78 Å². The van der Waals surface area contributed by atoms with Crippen molar-refractivity contribution in [3.8, 4) is 0 Å². The normalized spacial score (nSPS) is 20.5. The second kappa shape index (κ2) is 9.98. The van der Waals surface area contributed by atoms with Gasteiger partial charge in [0.2, 0.25) is 0 Å². The summed E-state index contributed by atoms with van der Waals surface area (Å²) in [5.74, 6) is -0.0954. The van der Waals surface area contributed by atoms with Crippen molar-refractivity contribution in [2.45, 2.75) is 52.4 Å². The number of carbonyl (C=O) groups excluding carboxylic acids is 1. The van der Waals surface area contributed by atoms with E-state index in [-0.39, 0.29) is 17.6 Å². The summed E-state index contributed by atoms with van der Waals surface area (Å²) in [7, 11) is 0. The molecule has 1 unspecified atom stereocenters. The molecule has 0 amide bonds. The van der Waals surface area contributed by atoms with E-state index in [9.17, 15) is 9.18 Å². The first-order chi connectivity index (χ1) is 15.8. The number of hydrogen-bond acceptors (Lipinski definition) is 3. The van der Waals surface area contributed by atoms with E-state index in [0.717, 1.165) is 30.8 Å². The van der Waals surface area contributed by atoms with E-state index in [4.69, 9.17) is 0 Å². The van der Waals surface area contributed by atoms with Crippen molar-refractivity contribution in [2.24, 2.45) is 0 Å². The van der Waals surface area contributed by atoms with Crippen LogP contribution in [0.15, 0.2) is 72.8 Å². The molecule has 0 aliphatic carbocycles. The first kappa shape index (κ1) is 23.3. The molecule has 0 aromatic heterocycles. The van der Waals surface area contributed by atoms with E-state index < -0.39 is 0 Å². The van der Waals surface area contributed by atoms with Crippen molar-refractivity contribution in [3.05, 3.63) is 106 Å². The van der Waals surface area contributed by atoms with Crippen LogP contribution < -0.4 is 0 Å². The highest BCUT2D eigenvalue weighted by molar-refractivity contribution is 5.94. The van der Waals surface area contributed by atoms with Crippen LogP contribution in [0, 0.1) is 12.7 Å². The van der Waals surface area contributed by atoms with E-state index in [0.29, 0.717) is 12.1 Å². The molecule has 4 heteroatoms. The predicted molar refractivity (Wildman–Crippen MR) is 132 cm³/mol. The Balaban J connectivity index is 1.62. The van der Waals surface area contributed by atoms with E-state index >= 15 is 0 Å². The maximum absolute atomic E-state index is 13.7. The van der Waals surface area contributed by atoms with Crippen LogP contribution in [-0.4, -0.2) is 40.8 Å². The molecule has 1 heterocycles. The molecule has 0 saturated carbocycles. The summed E-state index contributed by atoms with van der Waals surface area (Å²) in [6, 6.07) is 24.5. The molecular weight excluding hydrogens is 411 g/mol. The Morgan fingerprint density at radius 1 is 0.939 bits per heavy atom. The molecule has 4 rings (SSSR count). The quantitative estimate of drug-likeness (QED) is 0.434. The number of ketones is 1. The fourth-order valence-electron chi connectivity index (χ4n) is 4.99. The van der Waals surface area contributed by atoms with Crippen LogP contribution in [0.1, 0.15) is 59.4 Å². The summed E-state index contributed by atoms with van der Waals surface area (Å²) < 4.78 is 13.7. The van der Waals surface area contributed by atoms with Crippen LogP contribution in [0.25, 0.3) is 0 Å². The van der Waals surface area contributed by atoms with E-state index in [2.05, 4.69) is 67.0 Å². The lowest BCUT2D eigenvalue weighted by atomic mass is 9.92. The third-order valence-electron chi connectivity index (χ3n) is 6.76. The van der Waals surface area contributed by atoms with Gasteiger partial charge >= 0.3 is 0 Å². The SMILES string of the molecule is CC(=O)c1ccc(C(c2cccc(C)c2)N2C[C@H](C)N(Cc3cccc(F)c3)C[C@H]2C)cc1. The predicted octanol–water partition coefficient (Wildman–Crippen LogP) is 6.02. The summed E-state index contributed by atoms with van der Waals surface area (Å²) >= 11 is 0. The second-order valence-corrected chi connectivity index (χ2v) is 9.45. The molecule has 1 saturated heterocycles. The minimum absolute atomic E-state index is 0.0848. The zero-order valence-electron chi connectivity index (χ0n) is 20.0. The lowest BCUT2D eigenvalue weighted by Crippen LogP contribution is -2.56. The average Bonchev–Trinajstić information content (AvgIpc) is 2.78. The van der Waals surface area contributed by atoms with Gasteiger partial charge < -0.3 is 0 Å². The number of piperazine rings is 1. The molecule has 3 atom stereocenters. The number of Topliss-reactive ketones (excluding diaryl/α,β-unsaturated/α-hetero) is 1. The van der Waals surface area contributed by atoms with E-state index in [1.807, 2.05) is 18.2 Å². The van der Waals surface area contributed by atoms with Crippen LogP contribution in [-0.2, 0) is 6.54 Å². The van der Waals surface area contributed by atoms with Gasteiger partial charge in [-0.3, -0.25) is 14.6 Å². The van der Waals surface area contributed by atoms with Crippen LogP contribution in [0.3, 0.4) is 0 Å². The molecule has 0 N–H and O–H groups in total. The van der Waals surface area contributed by atoms with Crippen LogP contribution in [0.2, 0.25) is 0 Å². The number of halogens is 1. The molecule has 0 bridgehead atoms. The van der Waals surface area contributed by atoms with Crippen molar-refractivity contribution in [1.29, 1.82) is 0 Å². The molecule has 3 aromatic carbocycles. The fourth-order valence-corrected chi connectivity index (χ4v) is 4.99. The summed E-state index contributed by atoms with van der Waals surface area (Å²) in [5.41, 5.74) is 5.45. The Hall–Kier alpha value is -2.82. The Bertz CT molecular complexity index is 1110. The van der Waals surface area contributed by atoms with Gasteiger partial charge in [-0.15, -0.1) is 0 Å². The first-order valence-corrected chi connectivity index (χ1v) is 11.7. The standard InChI is InChI=1S/C29H33FN2O/c1-20-7-5-9-27(15-20)29(26-13-11-25(12-14-26)23(4)33)32-18-21(2)31(17-22(32)3)19-24-8-6-10-28(30)16-24/h5-16,21-22,29H,17-19H2,1-4H3/t21-,22+,29?/m0/s1. The first-order valence-electron chi connectivity index (χ1n) is 11.7. The summed E-state index contributed by atoms with van der Waals surface area (Å²) in [5, 5.41) is 0. The van der Waals surface area contributed by atoms with E-state index in [1.165, 1.54) is 22.8 Å². The van der Waals surface area contributed by atoms with Gasteiger partial charge in [0.05, 0.1) is 6.04 Å². The highest BCUT2D eigenvalue weighted by atomic mass is 19.1. The Morgan fingerprint density at radius 2 is 1.67 bits per heavy atom. The molecule has 0 radical (unpaired) electrons. The molecule has 1 fully saturated rings. The summed E-state index contributed by atoms with van der Waals surface area (Å²) in [4.78, 5) is 16.8. The molecule has 1 aliphatic heterocycles. The molecule has 33 heavy (non-hydrogen) atoms. The number of hydrogen-bond donors (Lipinski definition) is 0. The van der Waals surface area contributed by atoms with Crippen molar-refractivity contribution < 1.29 is 9.18 Å². The molecule has 3 aromatic rings. The summed E-state index contributed by atoms with van der Waals surface area (Å²) in [6.45, 7) is 10.8. The maximum atomic E-state index is 13.7. The number of aryl methyl sites for hydroxylation is 1. The van der Waals surface area contributed by atoms with Crippen LogP contribution >= 0.6 is 0 Å². The smallest absolute Gasteiger partial charge is 0.159 e. The molecule has 3 nitrogen and oxygen atoms in total. The second-order valence-electron chi connectivity index (χ2n) is 9.45. The minimum atomic E-state index is -0.180. The highest BCUT2D eigenvalue weighted by Gasteiger charge is 2.34. The van der Waals surface area contributed by atoms with Crippen LogP contribution in [0.5, 0.6) is 0 Å². The summed E-state index contributed by atoms with van der Waals surface area (Å²) in [6.07, 6.45) is 0. The number of nitrogens with zero attached hydrogens (tertiary/aromatic N) is 2. The zero-order valence-corrected chi connectivity index (χ0v) is 20.0. The monoisotopic (exact) mass is 444 g/mol. The molecular formula is C29H33FN2O. The van der Waals surface area contributed by atoms with E-state index in [1.54, 1.807) is 19.1 Å². The Labute approximate surface area is 196 Å². The van der Waals surface area contributed by atoms with Crippen LogP contribution in [0.4, 0.5) is 4.39 Å². The van der Waals surface area contributed by atoms with Gasteiger partial charge in [-0.2, -0.15) is 0 Å². The highest BCUT2D eigenvalue weighted by Crippen LogP contribution is 2.34. The third kappa shape index (κ3) is 5.40. The van der Waals surface area contributed by atoms with Crippen molar-refractivity contribution in [3.63, 3.8) is 0 Å². The molecule has 172 valence electrons. The van der Waals surface area contributed by atoms with Gasteiger partial charge in [-0.25, -0.2) is 4.39 Å². The Morgan fingerprint density at radius 3 is 2.33 bits per heavy atom. The zero-order chi connectivity index (χ0) is 23.5. The van der Waals surface area contributed by atoms with Crippen molar-refractivity contribution in [1.82, 2.24) is 9.80 Å². The molecule has 0 spiro atoms. The topological polar surface area (TPSA) is 23.6 Å². The molecule has 1 aliphatic rings. The number of rotatable bonds is 6. The lowest BCUT2D eigenvalue weighted by molar-refractivity contribution is 0.0195. The number of benzene rings is 3. The van der Waals surface area contributed by atoms with Gasteiger partial charge in [-0.1, -0.05) is 66.2 Å². The fraction of sp³-hybridized carbons (Fsp3) is 0.345. The lowest BCUT2D eigenvalue weighted by Gasteiger charge is -2.47. The minimum Gasteiger partial charge on any atom is -0.295 e. The van der Waals surface area contributed by atoms with Gasteiger partial charge in [-0.05, 0) is 56.5 Å². The number of carbonyl (C=O) groups is 1. The van der Waals surface area contributed by atoms with Gasteiger partial charge in [0, 0.05) is 37.3 Å². The largest absolute Gasteiger partial charge is 0.295 e. The average molecular weight is 445 g/mol. The maximum Gasteiger partial charge on any atom is 0.159 e. The Kier molecular flexibility index (Phi) is 7.06. The van der Waals surface area contributed by atoms with Gasteiger partial charge in [0.1, 0.15) is 5.82 Å². The van der Waals surface area contributed by atoms with Crippen molar-refractivity contribution >= 4 is 5.78 Å². The van der Waals surface area contributed by atoms with Crippen molar-refractivity contribution in [2.75, 3.05) is 13.1 Å². The van der Waals surface area contributed by atoms with Gasteiger partial charge in [0.25, 0.3) is 0 Å². The third-order valence-corrected chi connectivity index (χ3v) is 6.76.